The molecule has 144 valence electrons. The van der Waals surface area contributed by atoms with Gasteiger partial charge in [-0.25, -0.2) is 0 Å². The third-order valence-corrected chi connectivity index (χ3v) is 5.55. The number of carbonyl (C=O) groups excluding carboxylic acids is 1. The van der Waals surface area contributed by atoms with Crippen molar-refractivity contribution in [3.05, 3.63) is 42.1 Å². The number of nitrogens with zero attached hydrogens (tertiary/aromatic N) is 2. The molecule has 27 heavy (non-hydrogen) atoms. The second kappa shape index (κ2) is 8.57. The van der Waals surface area contributed by atoms with Gasteiger partial charge in [0.1, 0.15) is 12.3 Å². The molecule has 0 radical (unpaired) electrons. The van der Waals surface area contributed by atoms with Crippen molar-refractivity contribution in [2.24, 2.45) is 0 Å². The van der Waals surface area contributed by atoms with Crippen LogP contribution in [0.3, 0.4) is 0 Å². The second-order valence-corrected chi connectivity index (χ2v) is 7.21. The summed E-state index contributed by atoms with van der Waals surface area (Å²) in [4.78, 5) is 16.7. The van der Waals surface area contributed by atoms with Crippen molar-refractivity contribution in [3.63, 3.8) is 0 Å². The van der Waals surface area contributed by atoms with Gasteiger partial charge >= 0.3 is 0 Å². The molecular weight excluding hydrogens is 360 g/mol. The van der Waals surface area contributed by atoms with Crippen molar-refractivity contribution >= 4 is 29.3 Å². The van der Waals surface area contributed by atoms with Gasteiger partial charge in [0, 0.05) is 13.1 Å². The first kappa shape index (κ1) is 19.4. The van der Waals surface area contributed by atoms with Crippen LogP contribution in [0.5, 0.6) is 11.5 Å². The third-order valence-electron chi connectivity index (χ3n) is 5.08. The fraction of sp³-hybridized carbons (Fsp3) is 0.429. The van der Waals surface area contributed by atoms with Gasteiger partial charge < -0.3 is 14.4 Å². The summed E-state index contributed by atoms with van der Waals surface area (Å²) in [6.45, 7) is 4.06. The highest BCUT2D eigenvalue weighted by Gasteiger charge is 2.40. The molecule has 5 nitrogen and oxygen atoms in total. The molecule has 0 aromatic heterocycles. The van der Waals surface area contributed by atoms with Crippen molar-refractivity contribution < 1.29 is 14.3 Å². The lowest BCUT2D eigenvalue weighted by molar-refractivity contribution is -0.124. The van der Waals surface area contributed by atoms with Gasteiger partial charge in [0.2, 0.25) is 0 Å². The zero-order valence-electron chi connectivity index (χ0n) is 15.9. The standard InChI is InChI=1S/C21H26N2O3S/c1-4-12-26-18-11-10-15(14-19(18)25-3)13-17-20(24)23(21(27)22(17)2)16-8-6-5-7-9-16/h4,10-11,13-14,16H,1,5-9,12H2,2-3H3/b17-13-. The number of likely N-dealkylation sites (N-methyl/N-ethyl adjacent to an activating group) is 1. The van der Waals surface area contributed by atoms with E-state index in [1.165, 1.54) is 6.42 Å². The molecule has 0 N–H and O–H groups in total. The Kier molecular flexibility index (Phi) is 6.16. The van der Waals surface area contributed by atoms with Gasteiger partial charge in [0.25, 0.3) is 5.91 Å². The Hall–Kier alpha value is -2.34. The summed E-state index contributed by atoms with van der Waals surface area (Å²) in [5.74, 6) is 1.25. The number of hydrogen-bond acceptors (Lipinski definition) is 4. The molecule has 1 aliphatic carbocycles. The Balaban J connectivity index is 1.86. The molecule has 0 unspecified atom stereocenters. The molecule has 0 atom stereocenters. The SMILES string of the molecule is C=CCOc1ccc(/C=C2/C(=O)N(C3CCCCC3)C(=S)N2C)cc1OC. The van der Waals surface area contributed by atoms with E-state index >= 15 is 0 Å². The van der Waals surface area contributed by atoms with Crippen molar-refractivity contribution in [2.75, 3.05) is 20.8 Å². The van der Waals surface area contributed by atoms with Crippen molar-refractivity contribution in [1.82, 2.24) is 9.80 Å². The number of methoxy groups -OCH3 is 1. The molecule has 3 rings (SSSR count). The van der Waals surface area contributed by atoms with Crippen LogP contribution in [-0.4, -0.2) is 47.6 Å². The van der Waals surface area contributed by atoms with Crippen LogP contribution in [0.25, 0.3) is 6.08 Å². The average molecular weight is 387 g/mol. The molecule has 1 heterocycles. The van der Waals surface area contributed by atoms with Crippen molar-refractivity contribution in [1.29, 1.82) is 0 Å². The summed E-state index contributed by atoms with van der Waals surface area (Å²) in [5.41, 5.74) is 1.45. The maximum absolute atomic E-state index is 13.1. The minimum absolute atomic E-state index is 0.0136. The Labute approximate surface area is 166 Å². The van der Waals surface area contributed by atoms with Crippen LogP contribution in [0, 0.1) is 0 Å². The second-order valence-electron chi connectivity index (χ2n) is 6.85. The number of rotatable bonds is 6. The first-order chi connectivity index (χ1) is 13.1. The van der Waals surface area contributed by atoms with E-state index in [0.717, 1.165) is 31.2 Å². The molecular formula is C21H26N2O3S. The summed E-state index contributed by atoms with van der Waals surface area (Å²) in [5, 5.41) is 0.594. The fourth-order valence-electron chi connectivity index (χ4n) is 3.64. The van der Waals surface area contributed by atoms with Crippen LogP contribution in [0.4, 0.5) is 0 Å². The van der Waals surface area contributed by atoms with Crippen LogP contribution >= 0.6 is 12.2 Å². The highest BCUT2D eigenvalue weighted by Crippen LogP contribution is 2.32. The zero-order valence-corrected chi connectivity index (χ0v) is 16.8. The highest BCUT2D eigenvalue weighted by atomic mass is 32.1. The smallest absolute Gasteiger partial charge is 0.277 e. The first-order valence-electron chi connectivity index (χ1n) is 9.31. The zero-order chi connectivity index (χ0) is 19.4. The maximum atomic E-state index is 13.1. The fourth-order valence-corrected chi connectivity index (χ4v) is 3.97. The quantitative estimate of drug-likeness (QED) is 0.420. The molecule has 1 saturated heterocycles. The van der Waals surface area contributed by atoms with Crippen LogP contribution in [-0.2, 0) is 4.79 Å². The average Bonchev–Trinajstić information content (AvgIpc) is 2.90. The van der Waals surface area contributed by atoms with E-state index in [1.54, 1.807) is 23.0 Å². The summed E-state index contributed by atoms with van der Waals surface area (Å²) in [7, 11) is 3.45. The lowest BCUT2D eigenvalue weighted by atomic mass is 9.94. The minimum atomic E-state index is -0.0136. The molecule has 6 heteroatoms. The summed E-state index contributed by atoms with van der Waals surface area (Å²) in [6, 6.07) is 5.82. The lowest BCUT2D eigenvalue weighted by Gasteiger charge is -2.30. The predicted octanol–water partition coefficient (Wildman–Crippen LogP) is 3.99. The van der Waals surface area contributed by atoms with Crippen LogP contribution in [0.2, 0.25) is 0 Å². The van der Waals surface area contributed by atoms with E-state index < -0.39 is 0 Å². The van der Waals surface area contributed by atoms with E-state index in [9.17, 15) is 4.79 Å². The Morgan fingerprint density at radius 1 is 1.26 bits per heavy atom. The first-order valence-corrected chi connectivity index (χ1v) is 9.72. The van der Waals surface area contributed by atoms with Gasteiger partial charge in [-0.1, -0.05) is 38.0 Å². The van der Waals surface area contributed by atoms with Gasteiger partial charge in [-0.05, 0) is 48.8 Å². The Bertz CT molecular complexity index is 769. The summed E-state index contributed by atoms with van der Waals surface area (Å²) in [6.07, 6.45) is 9.14. The van der Waals surface area contributed by atoms with Crippen molar-refractivity contribution in [3.8, 4) is 11.5 Å². The lowest BCUT2D eigenvalue weighted by Crippen LogP contribution is -2.41. The molecule has 1 aromatic rings. The van der Waals surface area contributed by atoms with E-state index in [2.05, 4.69) is 6.58 Å². The number of ether oxygens (including phenoxy) is 2. The van der Waals surface area contributed by atoms with Crippen LogP contribution in [0.15, 0.2) is 36.6 Å². The van der Waals surface area contributed by atoms with E-state index in [4.69, 9.17) is 21.7 Å². The number of thiocarbonyl (C=S) groups is 1. The summed E-state index contributed by atoms with van der Waals surface area (Å²) >= 11 is 5.57. The molecule has 1 aliphatic heterocycles. The molecule has 1 amide bonds. The van der Waals surface area contributed by atoms with Gasteiger partial charge in [-0.15, -0.1) is 0 Å². The third kappa shape index (κ3) is 4.00. The monoisotopic (exact) mass is 386 g/mol. The van der Waals surface area contributed by atoms with Gasteiger partial charge in [0.05, 0.1) is 7.11 Å². The number of carbonyl (C=O) groups is 1. The highest BCUT2D eigenvalue weighted by molar-refractivity contribution is 7.80. The van der Waals surface area contributed by atoms with Gasteiger partial charge in [0.15, 0.2) is 16.6 Å². The topological polar surface area (TPSA) is 42.0 Å². The molecule has 0 bridgehead atoms. The summed E-state index contributed by atoms with van der Waals surface area (Å²) < 4.78 is 11.0. The van der Waals surface area contributed by atoms with E-state index in [1.807, 2.05) is 31.3 Å². The molecule has 2 aliphatic rings. The molecule has 0 spiro atoms. The maximum Gasteiger partial charge on any atom is 0.277 e. The van der Waals surface area contributed by atoms with Gasteiger partial charge in [-0.3, -0.25) is 9.69 Å². The predicted molar refractivity (Wildman–Crippen MR) is 111 cm³/mol. The van der Waals surface area contributed by atoms with E-state index in [-0.39, 0.29) is 11.9 Å². The normalized spacial score (nSPS) is 19.7. The molecule has 2 fully saturated rings. The Morgan fingerprint density at radius 2 is 2.00 bits per heavy atom. The molecule has 1 aromatic carbocycles. The largest absolute Gasteiger partial charge is 0.493 e. The van der Waals surface area contributed by atoms with Crippen molar-refractivity contribution in [2.45, 2.75) is 38.1 Å². The van der Waals surface area contributed by atoms with Crippen LogP contribution < -0.4 is 9.47 Å². The number of hydrogen-bond donors (Lipinski definition) is 0. The van der Waals surface area contributed by atoms with E-state index in [0.29, 0.717) is 28.9 Å². The number of amides is 1. The van der Waals surface area contributed by atoms with Crippen LogP contribution in [0.1, 0.15) is 37.7 Å². The van der Waals surface area contributed by atoms with Gasteiger partial charge in [-0.2, -0.15) is 0 Å². The minimum Gasteiger partial charge on any atom is -0.493 e. The Morgan fingerprint density at radius 3 is 2.67 bits per heavy atom. The molecule has 1 saturated carbocycles. The number of benzene rings is 1.